The first-order chi connectivity index (χ1) is 12.4. The highest BCUT2D eigenvalue weighted by Gasteiger charge is 2.12. The molecule has 0 aliphatic carbocycles. The number of allylic oxidation sites excluding steroid dienone is 1. The van der Waals surface area contributed by atoms with Crippen LogP contribution in [0.25, 0.3) is 0 Å². The van der Waals surface area contributed by atoms with Gasteiger partial charge < -0.3 is 9.84 Å². The molecule has 138 valence electrons. The van der Waals surface area contributed by atoms with Gasteiger partial charge in [0.15, 0.2) is 11.5 Å². The number of aromatic hydroxyl groups is 1. The van der Waals surface area contributed by atoms with Crippen LogP contribution in [0.3, 0.4) is 0 Å². The molecule has 0 aromatic heterocycles. The average molecular weight is 374 g/mol. The monoisotopic (exact) mass is 374 g/mol. The van der Waals surface area contributed by atoms with Crippen LogP contribution < -0.4 is 9.57 Å². The highest BCUT2D eigenvalue weighted by Crippen LogP contribution is 2.31. The number of ether oxygens (including phenoxy) is 1. The van der Waals surface area contributed by atoms with E-state index in [1.165, 1.54) is 18.3 Å². The molecule has 7 heteroatoms. The van der Waals surface area contributed by atoms with E-state index < -0.39 is 10.0 Å². The van der Waals surface area contributed by atoms with Crippen molar-refractivity contribution >= 4 is 16.2 Å². The van der Waals surface area contributed by atoms with E-state index in [4.69, 9.17) is 4.74 Å². The van der Waals surface area contributed by atoms with Crippen molar-refractivity contribution in [1.82, 2.24) is 4.83 Å². The number of rotatable bonds is 8. The zero-order valence-corrected chi connectivity index (χ0v) is 15.6. The van der Waals surface area contributed by atoms with Crippen molar-refractivity contribution < 1.29 is 18.3 Å². The predicted octanol–water partition coefficient (Wildman–Crippen LogP) is 3.14. The number of hydrazone groups is 1. The summed E-state index contributed by atoms with van der Waals surface area (Å²) in [5, 5.41) is 14.0. The molecule has 6 nitrogen and oxygen atoms in total. The van der Waals surface area contributed by atoms with Crippen molar-refractivity contribution in [3.05, 3.63) is 65.7 Å². The van der Waals surface area contributed by atoms with Gasteiger partial charge >= 0.3 is 0 Å². The number of nitrogens with zero attached hydrogens (tertiary/aromatic N) is 1. The molecular formula is C19H22N2O4S. The van der Waals surface area contributed by atoms with E-state index in [-0.39, 0.29) is 10.6 Å². The smallest absolute Gasteiger partial charge is 0.276 e. The summed E-state index contributed by atoms with van der Waals surface area (Å²) in [6, 6.07) is 9.76. The van der Waals surface area contributed by atoms with Crippen molar-refractivity contribution in [1.29, 1.82) is 0 Å². The van der Waals surface area contributed by atoms with Gasteiger partial charge in [-0.1, -0.05) is 23.8 Å². The van der Waals surface area contributed by atoms with E-state index in [0.717, 1.165) is 5.56 Å². The van der Waals surface area contributed by atoms with Crippen molar-refractivity contribution in [2.24, 2.45) is 5.10 Å². The largest absolute Gasteiger partial charge is 0.504 e. The number of benzene rings is 2. The van der Waals surface area contributed by atoms with Gasteiger partial charge in [-0.2, -0.15) is 13.5 Å². The summed E-state index contributed by atoms with van der Waals surface area (Å²) in [6.45, 7) is 7.74. The second kappa shape index (κ2) is 8.53. The van der Waals surface area contributed by atoms with Crippen molar-refractivity contribution in [2.45, 2.75) is 25.2 Å². The van der Waals surface area contributed by atoms with Gasteiger partial charge in [0.25, 0.3) is 10.0 Å². The highest BCUT2D eigenvalue weighted by molar-refractivity contribution is 7.89. The molecule has 0 heterocycles. The standard InChI is InChI=1S/C19H22N2O4S/c1-4-6-16-11-15(12-18(19(16)22)25-5-2)13-20-21-26(23,24)17-9-7-14(3)8-10-17/h4,7-13,21-22H,1,5-6H2,2-3H3/b20-13+. The molecule has 0 amide bonds. The molecule has 0 unspecified atom stereocenters. The first-order valence-corrected chi connectivity index (χ1v) is 9.56. The molecular weight excluding hydrogens is 352 g/mol. The van der Waals surface area contributed by atoms with Crippen LogP contribution in [0.1, 0.15) is 23.6 Å². The molecule has 0 spiro atoms. The van der Waals surface area contributed by atoms with Crippen LogP contribution in [0.2, 0.25) is 0 Å². The number of sulfonamides is 1. The van der Waals surface area contributed by atoms with E-state index >= 15 is 0 Å². The predicted molar refractivity (Wildman–Crippen MR) is 102 cm³/mol. The van der Waals surface area contributed by atoms with Crippen LogP contribution in [-0.2, 0) is 16.4 Å². The molecule has 2 rings (SSSR count). The molecule has 0 bridgehead atoms. The Bertz CT molecular complexity index is 904. The minimum atomic E-state index is -3.74. The molecule has 0 radical (unpaired) electrons. The Morgan fingerprint density at radius 2 is 1.96 bits per heavy atom. The third kappa shape index (κ3) is 4.86. The summed E-state index contributed by atoms with van der Waals surface area (Å²) in [5.74, 6) is 0.360. The fraction of sp³-hybridized carbons (Fsp3) is 0.211. The maximum atomic E-state index is 12.2. The lowest BCUT2D eigenvalue weighted by molar-refractivity contribution is 0.317. The van der Waals surface area contributed by atoms with Gasteiger partial charge in [-0.3, -0.25) is 0 Å². The van der Waals surface area contributed by atoms with Gasteiger partial charge in [0, 0.05) is 5.56 Å². The third-order valence-corrected chi connectivity index (χ3v) is 4.80. The second-order valence-electron chi connectivity index (χ2n) is 5.62. The quantitative estimate of drug-likeness (QED) is 0.422. The summed E-state index contributed by atoms with van der Waals surface area (Å²) in [5.41, 5.74) is 2.18. The summed E-state index contributed by atoms with van der Waals surface area (Å²) < 4.78 is 29.9. The van der Waals surface area contributed by atoms with Gasteiger partial charge in [0.05, 0.1) is 17.7 Å². The van der Waals surface area contributed by atoms with Crippen molar-refractivity contribution in [2.75, 3.05) is 6.61 Å². The van der Waals surface area contributed by atoms with E-state index in [1.54, 1.807) is 30.3 Å². The number of hydrogen-bond donors (Lipinski definition) is 2. The first-order valence-electron chi connectivity index (χ1n) is 8.08. The third-order valence-electron chi connectivity index (χ3n) is 3.56. The molecule has 0 fully saturated rings. The van der Waals surface area contributed by atoms with Crippen LogP contribution in [-0.4, -0.2) is 26.3 Å². The van der Waals surface area contributed by atoms with Gasteiger partial charge in [-0.05, 0) is 50.1 Å². The lowest BCUT2D eigenvalue weighted by atomic mass is 10.1. The zero-order valence-electron chi connectivity index (χ0n) is 14.8. The molecule has 0 atom stereocenters. The minimum Gasteiger partial charge on any atom is -0.504 e. The molecule has 0 aliphatic rings. The molecule has 2 aromatic rings. The molecule has 0 saturated heterocycles. The Labute approximate surface area is 153 Å². The first kappa shape index (κ1) is 19.5. The second-order valence-corrected chi connectivity index (χ2v) is 7.28. The van der Waals surface area contributed by atoms with Crippen molar-refractivity contribution in [3.8, 4) is 11.5 Å². The maximum absolute atomic E-state index is 12.2. The molecule has 2 N–H and O–H groups in total. The lowest BCUT2D eigenvalue weighted by Gasteiger charge is -2.11. The maximum Gasteiger partial charge on any atom is 0.276 e. The van der Waals surface area contributed by atoms with Gasteiger partial charge in [0.1, 0.15) is 0 Å². The van der Waals surface area contributed by atoms with Crippen LogP contribution in [0.5, 0.6) is 11.5 Å². The van der Waals surface area contributed by atoms with E-state index in [0.29, 0.717) is 29.9 Å². The average Bonchev–Trinajstić information content (AvgIpc) is 2.59. The van der Waals surface area contributed by atoms with E-state index in [9.17, 15) is 13.5 Å². The van der Waals surface area contributed by atoms with Crippen molar-refractivity contribution in [3.63, 3.8) is 0 Å². The summed E-state index contributed by atoms with van der Waals surface area (Å²) >= 11 is 0. The van der Waals surface area contributed by atoms with Gasteiger partial charge in [-0.25, -0.2) is 4.83 Å². The Balaban J connectivity index is 2.23. The normalized spacial score (nSPS) is 11.5. The molecule has 26 heavy (non-hydrogen) atoms. The van der Waals surface area contributed by atoms with E-state index in [1.807, 2.05) is 13.8 Å². The van der Waals surface area contributed by atoms with Crippen LogP contribution in [0, 0.1) is 6.92 Å². The molecule has 0 aliphatic heterocycles. The fourth-order valence-corrected chi connectivity index (χ4v) is 3.07. The molecule has 2 aromatic carbocycles. The lowest BCUT2D eigenvalue weighted by Crippen LogP contribution is -2.18. The molecule has 0 saturated carbocycles. The van der Waals surface area contributed by atoms with Gasteiger partial charge in [0.2, 0.25) is 0 Å². The number of nitrogens with one attached hydrogen (secondary N) is 1. The Morgan fingerprint density at radius 3 is 2.58 bits per heavy atom. The zero-order chi connectivity index (χ0) is 19.2. The van der Waals surface area contributed by atoms with E-state index in [2.05, 4.69) is 16.5 Å². The Hall–Kier alpha value is -2.80. The Kier molecular flexibility index (Phi) is 6.41. The van der Waals surface area contributed by atoms with Gasteiger partial charge in [-0.15, -0.1) is 6.58 Å². The SMILES string of the molecule is C=CCc1cc(/C=N/NS(=O)(=O)c2ccc(C)cc2)cc(OCC)c1O. The highest BCUT2D eigenvalue weighted by atomic mass is 32.2. The van der Waals surface area contributed by atoms with Crippen LogP contribution in [0.4, 0.5) is 0 Å². The summed E-state index contributed by atoms with van der Waals surface area (Å²) in [7, 11) is -3.74. The fourth-order valence-electron chi connectivity index (χ4n) is 2.28. The number of hydrogen-bond acceptors (Lipinski definition) is 5. The Morgan fingerprint density at radius 1 is 1.27 bits per heavy atom. The van der Waals surface area contributed by atoms with Crippen LogP contribution in [0.15, 0.2) is 59.1 Å². The summed E-state index contributed by atoms with van der Waals surface area (Å²) in [4.78, 5) is 2.31. The number of phenols is 1. The number of aryl methyl sites for hydroxylation is 1. The van der Waals surface area contributed by atoms with Crippen LogP contribution >= 0.6 is 0 Å². The summed E-state index contributed by atoms with van der Waals surface area (Å²) in [6.07, 6.45) is 3.47. The topological polar surface area (TPSA) is 88.0 Å². The number of phenolic OH excluding ortho intramolecular Hbond substituents is 1. The minimum absolute atomic E-state index is 0.0455.